The summed E-state index contributed by atoms with van der Waals surface area (Å²) in [5.41, 5.74) is -8.63. The van der Waals surface area contributed by atoms with E-state index in [4.69, 9.17) is 33.2 Å². The largest absolute Gasteiger partial charge is 0.508 e. The Morgan fingerprint density at radius 3 is 2.10 bits per heavy atom. The highest BCUT2D eigenvalue weighted by Gasteiger charge is 2.78. The van der Waals surface area contributed by atoms with Crippen molar-refractivity contribution in [3.8, 4) is 0 Å². The van der Waals surface area contributed by atoms with Crippen LogP contribution in [0.2, 0.25) is 0 Å². The Labute approximate surface area is 359 Å². The van der Waals surface area contributed by atoms with E-state index in [-0.39, 0.29) is 29.7 Å². The Morgan fingerprint density at radius 2 is 1.55 bits per heavy atom. The van der Waals surface area contributed by atoms with Gasteiger partial charge in [0.2, 0.25) is 0 Å². The lowest BCUT2D eigenvalue weighted by Gasteiger charge is -2.67. The average Bonchev–Trinajstić information content (AvgIpc) is 3.20. The van der Waals surface area contributed by atoms with E-state index in [0.717, 1.165) is 14.0 Å². The zero-order valence-electron chi connectivity index (χ0n) is 36.2. The summed E-state index contributed by atoms with van der Waals surface area (Å²) in [7, 11) is 1.06. The van der Waals surface area contributed by atoms with Crippen molar-refractivity contribution in [1.29, 1.82) is 0 Å². The number of ketones is 1. The summed E-state index contributed by atoms with van der Waals surface area (Å²) in [6, 6.07) is 14.4. The number of carbonyl (C=O) groups excluding carboxylic acids is 6. The van der Waals surface area contributed by atoms with Crippen LogP contribution < -0.4 is 5.32 Å². The number of esters is 3. The number of amides is 1. The minimum absolute atomic E-state index is 0.0345. The Morgan fingerprint density at radius 1 is 0.935 bits per heavy atom. The summed E-state index contributed by atoms with van der Waals surface area (Å²) < 4.78 is 40.4. The number of Topliss-reactive ketones (excluding diaryl/α,β-unsaturated/α-hetero) is 1. The second kappa shape index (κ2) is 16.7. The van der Waals surface area contributed by atoms with E-state index in [9.17, 15) is 39.3 Å². The minimum atomic E-state index is -2.44. The number of ether oxygens (including phenoxy) is 7. The molecule has 1 amide bonds. The van der Waals surface area contributed by atoms with Gasteiger partial charge in [0.05, 0.1) is 42.8 Å². The SMILES string of the molecule is COC(=O)O[C@@]12CO[C@@H]1C[C@H](O)[C@@]1(C)C(=O)[C@H](OC(C)=O)C3=C(C)[C@@H](OC(=O)[C@H](O)[C@@H](NC(=O)OC(C)(C)C)c4ccccc4)C[C@@](O)([C@@H](OC(=O)c4ccccc4)C12)C3(C)C. The third-order valence-electron chi connectivity index (χ3n) is 12.9. The smallest absolute Gasteiger partial charge is 0.456 e. The van der Waals surface area contributed by atoms with E-state index in [2.05, 4.69) is 5.32 Å². The highest BCUT2D eigenvalue weighted by atomic mass is 16.8. The van der Waals surface area contributed by atoms with Crippen molar-refractivity contribution in [1.82, 2.24) is 5.32 Å². The fraction of sp³-hybridized carbons (Fsp3) is 0.556. The van der Waals surface area contributed by atoms with Crippen molar-refractivity contribution < 1.29 is 77.2 Å². The lowest BCUT2D eigenvalue weighted by atomic mass is 9.44. The standard InChI is InChI=1S/C45H55NO16/c1-23-27(59-38(52)32(49)31(25-16-12-10-13-17-25)46-39(53)61-41(3,4)5)21-45(55)36(60-37(51)26-18-14-11-15-19-26)34-43(8,35(50)33(58-24(2)47)30(23)42(45,6)7)28(48)20-29-44(34,22-57-29)62-40(54)56-9/h10-19,27-29,31-34,36,48-49,55H,20-22H2,1-9H3,(H,46,53)/t27-,28-,29+,31-,32+,33+,34?,36-,43+,44-,45+/m0/s1. The average molecular weight is 866 g/mol. The molecule has 62 heavy (non-hydrogen) atoms. The molecular weight excluding hydrogens is 810 g/mol. The van der Waals surface area contributed by atoms with Crippen molar-refractivity contribution in [2.75, 3.05) is 13.7 Å². The number of nitrogens with one attached hydrogen (secondary N) is 1. The van der Waals surface area contributed by atoms with Crippen molar-refractivity contribution in [3.63, 3.8) is 0 Å². The highest BCUT2D eigenvalue weighted by molar-refractivity contribution is 5.95. The first-order chi connectivity index (χ1) is 28.9. The molecule has 3 aliphatic carbocycles. The van der Waals surface area contributed by atoms with Crippen LogP contribution >= 0.6 is 0 Å². The molecule has 1 heterocycles. The van der Waals surface area contributed by atoms with Gasteiger partial charge in [0, 0.05) is 25.2 Å². The molecule has 2 saturated carbocycles. The van der Waals surface area contributed by atoms with Gasteiger partial charge in [-0.1, -0.05) is 62.4 Å². The molecule has 0 radical (unpaired) electrons. The maximum atomic E-state index is 15.5. The Kier molecular flexibility index (Phi) is 12.5. The second-order valence-corrected chi connectivity index (χ2v) is 18.1. The molecule has 17 nitrogen and oxygen atoms in total. The topological polar surface area (TPSA) is 240 Å². The summed E-state index contributed by atoms with van der Waals surface area (Å²) >= 11 is 0. The maximum absolute atomic E-state index is 15.5. The monoisotopic (exact) mass is 865 g/mol. The number of hydrogen-bond donors (Lipinski definition) is 4. The van der Waals surface area contributed by atoms with E-state index in [1.54, 1.807) is 69.3 Å². The molecule has 336 valence electrons. The first-order valence-corrected chi connectivity index (χ1v) is 20.3. The zero-order chi connectivity index (χ0) is 45.7. The predicted molar refractivity (Wildman–Crippen MR) is 215 cm³/mol. The van der Waals surface area contributed by atoms with Crippen LogP contribution in [0, 0.1) is 16.7 Å². The van der Waals surface area contributed by atoms with E-state index < -0.39 is 119 Å². The van der Waals surface area contributed by atoms with Gasteiger partial charge in [-0.05, 0) is 63.5 Å². The van der Waals surface area contributed by atoms with Crippen molar-refractivity contribution in [2.24, 2.45) is 16.7 Å². The number of aliphatic hydroxyl groups is 3. The van der Waals surface area contributed by atoms with Crippen LogP contribution in [0.15, 0.2) is 71.8 Å². The molecule has 2 aromatic carbocycles. The molecule has 1 aliphatic heterocycles. The number of methoxy groups -OCH3 is 1. The molecule has 17 heteroatoms. The summed E-state index contributed by atoms with van der Waals surface area (Å²) in [5, 5.41) is 40.0. The zero-order valence-corrected chi connectivity index (χ0v) is 36.2. The van der Waals surface area contributed by atoms with Crippen LogP contribution in [0.1, 0.15) is 90.2 Å². The van der Waals surface area contributed by atoms with Gasteiger partial charge in [-0.15, -0.1) is 0 Å². The van der Waals surface area contributed by atoms with Gasteiger partial charge >= 0.3 is 30.2 Å². The molecule has 6 rings (SSSR count). The molecule has 3 fully saturated rings. The van der Waals surface area contributed by atoms with Crippen LogP contribution in [0.5, 0.6) is 0 Å². The number of rotatable bonds is 9. The fourth-order valence-electron chi connectivity index (χ4n) is 9.73. The normalized spacial score (nSPS) is 32.1. The van der Waals surface area contributed by atoms with Gasteiger partial charge in [-0.25, -0.2) is 19.2 Å². The lowest BCUT2D eigenvalue weighted by Crippen LogP contribution is -2.82. The fourth-order valence-corrected chi connectivity index (χ4v) is 9.73. The Bertz CT molecular complexity index is 2120. The molecule has 0 aromatic heterocycles. The number of benzene rings is 2. The molecule has 1 unspecified atom stereocenters. The van der Waals surface area contributed by atoms with Crippen LogP contribution in [0.25, 0.3) is 0 Å². The molecule has 2 bridgehead atoms. The van der Waals surface area contributed by atoms with E-state index in [1.807, 2.05) is 0 Å². The van der Waals surface area contributed by atoms with E-state index in [1.165, 1.54) is 39.8 Å². The minimum Gasteiger partial charge on any atom is -0.456 e. The Hall–Kier alpha value is -5.36. The number of hydrogen-bond acceptors (Lipinski definition) is 16. The summed E-state index contributed by atoms with van der Waals surface area (Å²) in [5.74, 6) is -5.69. The van der Waals surface area contributed by atoms with Gasteiger partial charge in [0.1, 0.15) is 29.5 Å². The Balaban J connectivity index is 1.54. The number of fused-ring (bicyclic) bond motifs is 5. The lowest BCUT2D eigenvalue weighted by molar-refractivity contribution is -0.344. The quantitative estimate of drug-likeness (QED) is 0.158. The number of alkyl carbamates (subject to hydrolysis) is 1. The van der Waals surface area contributed by atoms with Crippen molar-refractivity contribution >= 4 is 35.9 Å². The van der Waals surface area contributed by atoms with E-state index in [0.29, 0.717) is 5.56 Å². The van der Waals surface area contributed by atoms with Crippen LogP contribution in [0.3, 0.4) is 0 Å². The second-order valence-electron chi connectivity index (χ2n) is 18.1. The van der Waals surface area contributed by atoms with Gasteiger partial charge in [0.25, 0.3) is 0 Å². The predicted octanol–water partition coefficient (Wildman–Crippen LogP) is 4.05. The summed E-state index contributed by atoms with van der Waals surface area (Å²) in [4.78, 5) is 83.1. The van der Waals surface area contributed by atoms with Crippen LogP contribution in [-0.2, 0) is 47.5 Å². The third-order valence-corrected chi connectivity index (χ3v) is 12.9. The summed E-state index contributed by atoms with van der Waals surface area (Å²) in [6.45, 7) is 11.5. The van der Waals surface area contributed by atoms with Gasteiger partial charge in [-0.2, -0.15) is 0 Å². The first-order valence-electron chi connectivity index (χ1n) is 20.3. The van der Waals surface area contributed by atoms with Gasteiger partial charge in [-0.3, -0.25) is 9.59 Å². The molecule has 1 saturated heterocycles. The van der Waals surface area contributed by atoms with Gasteiger partial charge < -0.3 is 53.8 Å². The van der Waals surface area contributed by atoms with Crippen LogP contribution in [0.4, 0.5) is 9.59 Å². The van der Waals surface area contributed by atoms with Crippen LogP contribution in [-0.4, -0.2) is 118 Å². The van der Waals surface area contributed by atoms with Crippen molar-refractivity contribution in [3.05, 3.63) is 82.9 Å². The first kappa shape index (κ1) is 46.2. The van der Waals surface area contributed by atoms with Crippen molar-refractivity contribution in [2.45, 2.75) is 128 Å². The maximum Gasteiger partial charge on any atom is 0.508 e. The molecular formula is C45H55NO16. The van der Waals surface area contributed by atoms with E-state index >= 15 is 4.79 Å². The number of aliphatic hydroxyl groups excluding tert-OH is 2. The molecule has 4 N–H and O–H groups in total. The molecule has 4 aliphatic rings. The number of carbonyl (C=O) groups is 6. The summed E-state index contributed by atoms with van der Waals surface area (Å²) in [6.07, 6.45) is -13.1. The molecule has 2 aromatic rings. The molecule has 0 spiro atoms. The van der Waals surface area contributed by atoms with Gasteiger partial charge in [0.15, 0.2) is 23.6 Å². The third kappa shape index (κ3) is 7.95. The molecule has 11 atom stereocenters. The highest BCUT2D eigenvalue weighted by Crippen LogP contribution is 2.64.